The van der Waals surface area contributed by atoms with E-state index in [-0.39, 0.29) is 11.9 Å². The molecule has 1 fully saturated rings. The van der Waals surface area contributed by atoms with Crippen molar-refractivity contribution in [2.24, 2.45) is 0 Å². The van der Waals surface area contributed by atoms with Gasteiger partial charge in [-0.3, -0.25) is 4.79 Å². The molecule has 0 bridgehead atoms. The third-order valence-electron chi connectivity index (χ3n) is 5.30. The zero-order valence-electron chi connectivity index (χ0n) is 17.6. The Morgan fingerprint density at radius 3 is 2.69 bits per heavy atom. The minimum absolute atomic E-state index is 0.0181. The number of nitrogens with zero attached hydrogens (tertiary/aromatic N) is 4. The predicted octanol–water partition coefficient (Wildman–Crippen LogP) is 1.80. The third-order valence-corrected chi connectivity index (χ3v) is 5.30. The van der Waals surface area contributed by atoms with Crippen LogP contribution in [0.25, 0.3) is 5.82 Å². The molecule has 0 aliphatic carbocycles. The van der Waals surface area contributed by atoms with E-state index in [1.165, 1.54) is 0 Å². The van der Waals surface area contributed by atoms with Crippen molar-refractivity contribution in [1.29, 1.82) is 0 Å². The number of amides is 1. The molecule has 12 heteroatoms. The summed E-state index contributed by atoms with van der Waals surface area (Å²) in [5, 5.41) is 14.9. The van der Waals surface area contributed by atoms with Gasteiger partial charge in [0.05, 0.1) is 12.8 Å². The molecule has 0 aromatic carbocycles. The van der Waals surface area contributed by atoms with Crippen LogP contribution in [-0.4, -0.2) is 75.2 Å². The van der Waals surface area contributed by atoms with Crippen molar-refractivity contribution in [3.05, 3.63) is 41.3 Å². The number of hydrogen-bond acceptors (Lipinski definition) is 6. The molecule has 1 amide bonds. The summed E-state index contributed by atoms with van der Waals surface area (Å²) in [6.07, 6.45) is 0.555. The van der Waals surface area contributed by atoms with Gasteiger partial charge in [-0.2, -0.15) is 18.3 Å². The maximum Gasteiger partial charge on any atom is 0.490 e. The average molecular weight is 455 g/mol. The lowest BCUT2D eigenvalue weighted by Crippen LogP contribution is -2.37. The van der Waals surface area contributed by atoms with Crippen LogP contribution in [0.1, 0.15) is 35.0 Å². The van der Waals surface area contributed by atoms with Gasteiger partial charge in [-0.25, -0.2) is 14.5 Å². The second kappa shape index (κ2) is 9.65. The zero-order valence-corrected chi connectivity index (χ0v) is 17.6. The SMILES string of the molecule is CCc1cnn(-c2ccc3c(n2)C(=O)N([C@H]2CN[C@H](COC)C2)C3)c1.O=C(O)C(F)(F)F. The highest BCUT2D eigenvalue weighted by Gasteiger charge is 2.39. The number of halogens is 3. The Morgan fingerprint density at radius 2 is 2.09 bits per heavy atom. The van der Waals surface area contributed by atoms with Crippen LogP contribution in [0, 0.1) is 0 Å². The minimum Gasteiger partial charge on any atom is -0.475 e. The monoisotopic (exact) mass is 455 g/mol. The summed E-state index contributed by atoms with van der Waals surface area (Å²) < 4.78 is 38.7. The van der Waals surface area contributed by atoms with E-state index >= 15 is 0 Å². The number of carboxylic acid groups (broad SMARTS) is 1. The van der Waals surface area contributed by atoms with Gasteiger partial charge in [0.25, 0.3) is 5.91 Å². The average Bonchev–Trinajstić information content (AvgIpc) is 3.47. The van der Waals surface area contributed by atoms with Gasteiger partial charge in [-0.1, -0.05) is 13.0 Å². The van der Waals surface area contributed by atoms with E-state index in [0.29, 0.717) is 30.7 Å². The minimum atomic E-state index is -5.08. The number of hydrogen-bond donors (Lipinski definition) is 2. The van der Waals surface area contributed by atoms with Crippen LogP contribution in [-0.2, 0) is 22.5 Å². The number of alkyl halides is 3. The molecule has 0 unspecified atom stereocenters. The van der Waals surface area contributed by atoms with E-state index in [9.17, 15) is 18.0 Å². The van der Waals surface area contributed by atoms with Crippen LogP contribution in [0.5, 0.6) is 0 Å². The number of pyridine rings is 1. The first kappa shape index (κ1) is 23.7. The van der Waals surface area contributed by atoms with E-state index in [4.69, 9.17) is 14.6 Å². The van der Waals surface area contributed by atoms with Gasteiger partial charge < -0.3 is 20.1 Å². The topological polar surface area (TPSA) is 110 Å². The predicted molar refractivity (Wildman–Crippen MR) is 106 cm³/mol. The lowest BCUT2D eigenvalue weighted by atomic mass is 10.1. The molecule has 32 heavy (non-hydrogen) atoms. The number of ether oxygens (including phenoxy) is 1. The Bertz CT molecular complexity index is 978. The lowest BCUT2D eigenvalue weighted by Gasteiger charge is -2.22. The first-order valence-corrected chi connectivity index (χ1v) is 10.0. The van der Waals surface area contributed by atoms with Gasteiger partial charge in [0.2, 0.25) is 0 Å². The molecule has 2 atom stereocenters. The number of methoxy groups -OCH3 is 1. The molecule has 2 aliphatic rings. The van der Waals surface area contributed by atoms with Gasteiger partial charge in [0, 0.05) is 44.0 Å². The van der Waals surface area contributed by atoms with E-state index in [1.54, 1.807) is 11.8 Å². The highest BCUT2D eigenvalue weighted by molar-refractivity contribution is 5.96. The Kier molecular flexibility index (Phi) is 7.14. The smallest absolute Gasteiger partial charge is 0.475 e. The van der Waals surface area contributed by atoms with Crippen LogP contribution >= 0.6 is 0 Å². The number of carbonyl (C=O) groups is 2. The molecule has 174 valence electrons. The Morgan fingerprint density at radius 1 is 1.38 bits per heavy atom. The molecule has 2 aliphatic heterocycles. The normalized spacial score (nSPS) is 20.2. The second-order valence-electron chi connectivity index (χ2n) is 7.51. The number of carboxylic acids is 1. The van der Waals surface area contributed by atoms with Crippen molar-refractivity contribution in [2.45, 2.75) is 44.6 Å². The standard InChI is InChI=1S/C18H23N5O2.C2HF3O2/c1-3-12-7-20-23(9-12)16-5-4-13-10-22(18(24)17(13)21-16)15-6-14(11-25-2)19-8-15;3-2(4,5)1(6)7/h4-5,7,9,14-15,19H,3,6,8,10-11H2,1-2H3;(H,6,7)/t14-,15+;/m0./s1. The van der Waals surface area contributed by atoms with Gasteiger partial charge in [0.15, 0.2) is 5.82 Å². The quantitative estimate of drug-likeness (QED) is 0.708. The highest BCUT2D eigenvalue weighted by atomic mass is 19.4. The van der Waals surface area contributed by atoms with Gasteiger partial charge >= 0.3 is 12.1 Å². The number of aliphatic carboxylic acids is 1. The molecule has 0 radical (unpaired) electrons. The number of rotatable bonds is 5. The van der Waals surface area contributed by atoms with Crippen molar-refractivity contribution in [3.8, 4) is 5.82 Å². The van der Waals surface area contributed by atoms with Crippen molar-refractivity contribution < 1.29 is 32.6 Å². The van der Waals surface area contributed by atoms with E-state index in [1.807, 2.05) is 29.4 Å². The largest absolute Gasteiger partial charge is 0.490 e. The maximum atomic E-state index is 12.9. The molecular weight excluding hydrogens is 431 g/mol. The molecule has 2 aromatic heterocycles. The number of carbonyl (C=O) groups excluding carboxylic acids is 1. The van der Waals surface area contributed by atoms with Crippen LogP contribution in [0.2, 0.25) is 0 Å². The van der Waals surface area contributed by atoms with Crippen LogP contribution in [0.15, 0.2) is 24.5 Å². The number of aryl methyl sites for hydroxylation is 1. The Balaban J connectivity index is 0.000000360. The van der Waals surface area contributed by atoms with Gasteiger partial charge in [-0.15, -0.1) is 0 Å². The number of aromatic nitrogens is 3. The van der Waals surface area contributed by atoms with E-state index in [2.05, 4.69) is 22.3 Å². The van der Waals surface area contributed by atoms with Crippen molar-refractivity contribution >= 4 is 11.9 Å². The van der Waals surface area contributed by atoms with E-state index < -0.39 is 12.1 Å². The van der Waals surface area contributed by atoms with Gasteiger partial charge in [0.1, 0.15) is 5.69 Å². The molecule has 2 aromatic rings. The second-order valence-corrected chi connectivity index (χ2v) is 7.51. The summed E-state index contributed by atoms with van der Waals surface area (Å²) in [5.74, 6) is -2.05. The molecule has 1 saturated heterocycles. The van der Waals surface area contributed by atoms with Crippen molar-refractivity contribution in [1.82, 2.24) is 25.0 Å². The molecule has 9 nitrogen and oxygen atoms in total. The van der Waals surface area contributed by atoms with Crippen molar-refractivity contribution in [2.75, 3.05) is 20.3 Å². The number of nitrogens with one attached hydrogen (secondary N) is 1. The summed E-state index contributed by atoms with van der Waals surface area (Å²) in [5.41, 5.74) is 2.70. The molecule has 0 saturated carbocycles. The molecule has 4 rings (SSSR count). The Hall–Kier alpha value is -2.99. The fraction of sp³-hybridized carbons (Fsp3) is 0.500. The highest BCUT2D eigenvalue weighted by Crippen LogP contribution is 2.27. The molecule has 0 spiro atoms. The van der Waals surface area contributed by atoms with E-state index in [0.717, 1.165) is 30.5 Å². The van der Waals surface area contributed by atoms with Crippen LogP contribution in [0.3, 0.4) is 0 Å². The van der Waals surface area contributed by atoms with Crippen molar-refractivity contribution in [3.63, 3.8) is 0 Å². The molecule has 2 N–H and O–H groups in total. The summed E-state index contributed by atoms with van der Waals surface area (Å²) in [4.78, 5) is 28.3. The first-order valence-electron chi connectivity index (χ1n) is 10.0. The van der Waals surface area contributed by atoms with Gasteiger partial charge in [-0.05, 0) is 24.5 Å². The molecular formula is C20H24F3N5O4. The van der Waals surface area contributed by atoms with Crippen LogP contribution in [0.4, 0.5) is 13.2 Å². The lowest BCUT2D eigenvalue weighted by molar-refractivity contribution is -0.192. The Labute approximate surface area is 182 Å². The summed E-state index contributed by atoms with van der Waals surface area (Å²) in [7, 11) is 1.70. The molecule has 4 heterocycles. The number of fused-ring (bicyclic) bond motifs is 1. The maximum absolute atomic E-state index is 12.9. The van der Waals surface area contributed by atoms with Crippen LogP contribution < -0.4 is 5.32 Å². The zero-order chi connectivity index (χ0) is 23.5. The first-order chi connectivity index (χ1) is 15.1. The summed E-state index contributed by atoms with van der Waals surface area (Å²) in [6.45, 7) is 4.20. The fourth-order valence-corrected chi connectivity index (χ4v) is 3.64. The fourth-order valence-electron chi connectivity index (χ4n) is 3.64. The summed E-state index contributed by atoms with van der Waals surface area (Å²) in [6, 6.07) is 4.44. The third kappa shape index (κ3) is 5.25. The summed E-state index contributed by atoms with van der Waals surface area (Å²) >= 11 is 0.